The number of unbranched alkanes of at least 4 members (excludes halogenated alkanes) is 10. The van der Waals surface area contributed by atoms with Crippen molar-refractivity contribution in [2.75, 3.05) is 26.4 Å². The second-order valence-corrected chi connectivity index (χ2v) is 14.4. The fourth-order valence-corrected chi connectivity index (χ4v) is 5.50. The Kier molecular flexibility index (Phi) is 30.9. The molecule has 0 spiro atoms. The van der Waals surface area contributed by atoms with Crippen LogP contribution in [0, 0.1) is 5.92 Å². The molecule has 0 radical (unpaired) electrons. The van der Waals surface area contributed by atoms with Crippen LogP contribution < -0.4 is 0 Å². The molecular formula is C37H67O11P. The molecule has 0 amide bonds. The van der Waals surface area contributed by atoms with Crippen LogP contribution in [0.5, 0.6) is 0 Å². The zero-order valence-corrected chi connectivity index (χ0v) is 31.3. The first-order chi connectivity index (χ1) is 23.5. The maximum absolute atomic E-state index is 12.5. The molecule has 49 heavy (non-hydrogen) atoms. The Hall–Kier alpha value is -1.85. The van der Waals surface area contributed by atoms with E-state index in [0.29, 0.717) is 19.3 Å². The topological polar surface area (TPSA) is 169 Å². The number of hydrogen-bond acceptors (Lipinski definition) is 10. The van der Waals surface area contributed by atoms with Gasteiger partial charge in [-0.3, -0.25) is 18.6 Å². The fraction of sp³-hybridized carbons (Fsp3) is 0.784. The van der Waals surface area contributed by atoms with Crippen molar-refractivity contribution in [1.29, 1.82) is 0 Å². The average molecular weight is 719 g/mol. The molecule has 0 fully saturated rings. The minimum atomic E-state index is -4.63. The van der Waals surface area contributed by atoms with E-state index in [1.165, 1.54) is 25.7 Å². The van der Waals surface area contributed by atoms with E-state index in [1.54, 1.807) is 6.08 Å². The molecule has 286 valence electrons. The summed E-state index contributed by atoms with van der Waals surface area (Å²) in [5, 5.41) is 28.3. The SMILES string of the molecule is CC/C=C/C/C=C/C=C/C(O)CCCCCCCC(=O)OC[C@H](COP(=O)(O)OC[C@@H](O)CO)OC(=O)CCCCCCCCCC(C)C. The first-order valence-corrected chi connectivity index (χ1v) is 19.9. The van der Waals surface area contributed by atoms with Crippen LogP contribution in [0.25, 0.3) is 0 Å². The van der Waals surface area contributed by atoms with E-state index in [-0.39, 0.29) is 19.4 Å². The van der Waals surface area contributed by atoms with Crippen LogP contribution in [-0.2, 0) is 32.7 Å². The summed E-state index contributed by atoms with van der Waals surface area (Å²) in [5.41, 5.74) is 0. The average Bonchev–Trinajstić information content (AvgIpc) is 3.06. The predicted octanol–water partition coefficient (Wildman–Crippen LogP) is 7.66. The van der Waals surface area contributed by atoms with Gasteiger partial charge in [0.15, 0.2) is 6.10 Å². The number of phosphoric acid groups is 1. The number of aliphatic hydroxyl groups excluding tert-OH is 3. The summed E-state index contributed by atoms with van der Waals surface area (Å²) in [6, 6.07) is 0. The van der Waals surface area contributed by atoms with Crippen LogP contribution in [0.4, 0.5) is 0 Å². The summed E-state index contributed by atoms with van der Waals surface area (Å²) in [5.74, 6) is -0.280. The summed E-state index contributed by atoms with van der Waals surface area (Å²) in [7, 11) is -4.63. The second-order valence-electron chi connectivity index (χ2n) is 12.9. The smallest absolute Gasteiger partial charge is 0.462 e. The van der Waals surface area contributed by atoms with Gasteiger partial charge in [-0.05, 0) is 38.0 Å². The van der Waals surface area contributed by atoms with Crippen molar-refractivity contribution in [3.8, 4) is 0 Å². The Balaban J connectivity index is 4.46. The van der Waals surface area contributed by atoms with E-state index in [4.69, 9.17) is 19.1 Å². The van der Waals surface area contributed by atoms with Crippen LogP contribution in [0.2, 0.25) is 0 Å². The van der Waals surface area contributed by atoms with Gasteiger partial charge in [0.25, 0.3) is 0 Å². The number of esters is 2. The van der Waals surface area contributed by atoms with Crippen LogP contribution >= 0.6 is 7.82 Å². The molecule has 0 saturated heterocycles. The van der Waals surface area contributed by atoms with Crippen molar-refractivity contribution in [2.45, 2.75) is 155 Å². The lowest BCUT2D eigenvalue weighted by atomic mass is 10.0. The van der Waals surface area contributed by atoms with E-state index in [0.717, 1.165) is 63.7 Å². The monoisotopic (exact) mass is 718 g/mol. The van der Waals surface area contributed by atoms with E-state index in [2.05, 4.69) is 37.4 Å². The maximum Gasteiger partial charge on any atom is 0.472 e. The minimum Gasteiger partial charge on any atom is -0.462 e. The third-order valence-corrected chi connectivity index (χ3v) is 8.54. The third kappa shape index (κ3) is 33.1. The Morgan fingerprint density at radius 3 is 1.90 bits per heavy atom. The molecule has 0 aromatic heterocycles. The number of aliphatic hydroxyl groups is 3. The van der Waals surface area contributed by atoms with Gasteiger partial charge in [-0.2, -0.15) is 0 Å². The molecule has 0 aromatic carbocycles. The molecule has 0 aromatic rings. The Labute approximate surface area is 295 Å². The quantitative estimate of drug-likeness (QED) is 0.0173. The Morgan fingerprint density at radius 1 is 0.714 bits per heavy atom. The fourth-order valence-electron chi connectivity index (χ4n) is 4.71. The lowest BCUT2D eigenvalue weighted by Gasteiger charge is -2.20. The van der Waals surface area contributed by atoms with Crippen LogP contribution in [0.1, 0.15) is 136 Å². The number of phosphoric ester groups is 1. The molecule has 4 N–H and O–H groups in total. The molecule has 4 atom stereocenters. The number of rotatable bonds is 33. The van der Waals surface area contributed by atoms with Crippen molar-refractivity contribution >= 4 is 19.8 Å². The number of carbonyl (C=O) groups is 2. The molecule has 0 heterocycles. The van der Waals surface area contributed by atoms with E-state index < -0.39 is 57.9 Å². The van der Waals surface area contributed by atoms with Gasteiger partial charge >= 0.3 is 19.8 Å². The highest BCUT2D eigenvalue weighted by Crippen LogP contribution is 2.43. The third-order valence-electron chi connectivity index (χ3n) is 7.59. The van der Waals surface area contributed by atoms with Gasteiger partial charge in [0.2, 0.25) is 0 Å². The summed E-state index contributed by atoms with van der Waals surface area (Å²) >= 11 is 0. The molecule has 0 aliphatic carbocycles. The Morgan fingerprint density at radius 2 is 1.29 bits per heavy atom. The van der Waals surface area contributed by atoms with Crippen LogP contribution in [0.3, 0.4) is 0 Å². The first-order valence-electron chi connectivity index (χ1n) is 18.4. The molecule has 0 saturated carbocycles. The van der Waals surface area contributed by atoms with Gasteiger partial charge in [0.05, 0.1) is 25.9 Å². The molecule has 12 heteroatoms. The number of carbonyl (C=O) groups excluding carboxylic acids is 2. The zero-order valence-electron chi connectivity index (χ0n) is 30.4. The van der Waals surface area contributed by atoms with Crippen molar-refractivity contribution < 1.29 is 52.9 Å². The molecule has 0 rings (SSSR count). The molecule has 11 nitrogen and oxygen atoms in total. The molecular weight excluding hydrogens is 651 g/mol. The van der Waals surface area contributed by atoms with Crippen molar-refractivity contribution in [2.24, 2.45) is 5.92 Å². The number of hydrogen-bond donors (Lipinski definition) is 4. The van der Waals surface area contributed by atoms with Gasteiger partial charge in [-0.25, -0.2) is 4.57 Å². The first kappa shape index (κ1) is 47.1. The van der Waals surface area contributed by atoms with E-state index >= 15 is 0 Å². The summed E-state index contributed by atoms with van der Waals surface area (Å²) in [4.78, 5) is 34.7. The van der Waals surface area contributed by atoms with Crippen LogP contribution in [-0.4, -0.2) is 76.9 Å². The second kappa shape index (κ2) is 32.1. The van der Waals surface area contributed by atoms with Gasteiger partial charge < -0.3 is 29.7 Å². The van der Waals surface area contributed by atoms with Gasteiger partial charge in [-0.1, -0.05) is 128 Å². The number of allylic oxidation sites excluding steroid dienone is 5. The summed E-state index contributed by atoms with van der Waals surface area (Å²) in [6.07, 6.45) is 24.5. The standard InChI is InChI=1S/C37H67O11P/c1-4-5-6-7-9-14-19-24-33(39)25-20-15-12-17-21-26-36(41)45-30-35(31-47-49(43,44)46-29-34(40)28-38)48-37(42)27-22-16-11-8-10-13-18-23-32(2)3/h5-6,9,14,19,24,32-35,38-40H,4,7-8,10-13,15-18,20-23,25-31H2,1-3H3,(H,43,44)/b6-5+,14-9+,24-19+/t33?,34-,35+/m0/s1. The number of ether oxygens (including phenoxy) is 2. The van der Waals surface area contributed by atoms with Gasteiger partial charge in [-0.15, -0.1) is 0 Å². The van der Waals surface area contributed by atoms with Gasteiger partial charge in [0, 0.05) is 12.8 Å². The largest absolute Gasteiger partial charge is 0.472 e. The highest BCUT2D eigenvalue weighted by Gasteiger charge is 2.27. The molecule has 0 aliphatic heterocycles. The molecule has 0 aliphatic rings. The predicted molar refractivity (Wildman–Crippen MR) is 193 cm³/mol. The lowest BCUT2D eigenvalue weighted by molar-refractivity contribution is -0.161. The summed E-state index contributed by atoms with van der Waals surface area (Å²) < 4.78 is 32.5. The van der Waals surface area contributed by atoms with Crippen molar-refractivity contribution in [3.63, 3.8) is 0 Å². The highest BCUT2D eigenvalue weighted by molar-refractivity contribution is 7.47. The van der Waals surface area contributed by atoms with E-state index in [9.17, 15) is 29.3 Å². The highest BCUT2D eigenvalue weighted by atomic mass is 31.2. The van der Waals surface area contributed by atoms with Crippen LogP contribution in [0.15, 0.2) is 36.5 Å². The normalized spacial score (nSPS) is 15.3. The lowest BCUT2D eigenvalue weighted by Crippen LogP contribution is -2.29. The molecule has 0 bridgehead atoms. The van der Waals surface area contributed by atoms with E-state index in [1.807, 2.05) is 18.2 Å². The summed E-state index contributed by atoms with van der Waals surface area (Å²) in [6.45, 7) is 4.35. The molecule has 2 unspecified atom stereocenters. The van der Waals surface area contributed by atoms with Crippen molar-refractivity contribution in [1.82, 2.24) is 0 Å². The minimum absolute atomic E-state index is 0.162. The van der Waals surface area contributed by atoms with Crippen molar-refractivity contribution in [3.05, 3.63) is 36.5 Å². The Bertz CT molecular complexity index is 951. The zero-order chi connectivity index (χ0) is 36.6. The van der Waals surface area contributed by atoms with Gasteiger partial charge in [0.1, 0.15) is 12.7 Å². The maximum atomic E-state index is 12.5.